The minimum atomic E-state index is -1.05. The molecule has 0 unspecified atom stereocenters. The van der Waals surface area contributed by atoms with Gasteiger partial charge in [-0.15, -0.1) is 0 Å². The van der Waals surface area contributed by atoms with Crippen LogP contribution in [0.4, 0.5) is 0 Å². The normalized spacial score (nSPS) is 10.4. The molecule has 0 radical (unpaired) electrons. The number of carboxylic acids is 1. The van der Waals surface area contributed by atoms with Crippen molar-refractivity contribution in [2.45, 2.75) is 20.1 Å². The number of hydrogen-bond acceptors (Lipinski definition) is 3. The average molecular weight is 281 g/mol. The number of halogens is 1. The number of hydrogen-bond donors (Lipinski definition) is 1. The first-order valence-electron chi connectivity index (χ1n) is 5.78. The van der Waals surface area contributed by atoms with Crippen LogP contribution in [0.15, 0.2) is 30.5 Å². The molecule has 5 nitrogen and oxygen atoms in total. The number of benzene rings is 1. The molecule has 1 aromatic carbocycles. The summed E-state index contributed by atoms with van der Waals surface area (Å²) in [4.78, 5) is 15.0. The molecular formula is C13H13ClN2O3. The maximum absolute atomic E-state index is 11.0. The van der Waals surface area contributed by atoms with Gasteiger partial charge in [0.2, 0.25) is 5.82 Å². The minimum Gasteiger partial charge on any atom is -0.487 e. The highest BCUT2D eigenvalue weighted by Crippen LogP contribution is 2.18. The van der Waals surface area contributed by atoms with E-state index in [0.717, 1.165) is 0 Å². The van der Waals surface area contributed by atoms with E-state index < -0.39 is 5.97 Å². The van der Waals surface area contributed by atoms with Gasteiger partial charge in [0.15, 0.2) is 0 Å². The number of rotatable bonds is 5. The molecule has 1 heterocycles. The van der Waals surface area contributed by atoms with Crippen LogP contribution in [0.5, 0.6) is 5.75 Å². The van der Waals surface area contributed by atoms with Gasteiger partial charge in [-0.2, -0.15) is 0 Å². The SMILES string of the molecule is CCn1cc(COc2cccc(Cl)c2)nc1C(=O)O. The van der Waals surface area contributed by atoms with Crippen molar-refractivity contribution in [3.8, 4) is 5.75 Å². The average Bonchev–Trinajstić information content (AvgIpc) is 2.80. The van der Waals surface area contributed by atoms with Crippen LogP contribution >= 0.6 is 11.6 Å². The molecule has 0 atom stereocenters. The zero-order chi connectivity index (χ0) is 13.8. The highest BCUT2D eigenvalue weighted by molar-refractivity contribution is 6.30. The third-order valence-corrected chi connectivity index (χ3v) is 2.78. The molecule has 1 aromatic heterocycles. The Balaban J connectivity index is 2.09. The van der Waals surface area contributed by atoms with Gasteiger partial charge >= 0.3 is 5.97 Å². The van der Waals surface area contributed by atoms with Gasteiger partial charge in [-0.3, -0.25) is 0 Å². The number of aromatic carboxylic acids is 1. The molecule has 0 aliphatic carbocycles. The molecule has 19 heavy (non-hydrogen) atoms. The Morgan fingerprint density at radius 1 is 1.53 bits per heavy atom. The summed E-state index contributed by atoms with van der Waals surface area (Å²) in [6.07, 6.45) is 1.67. The lowest BCUT2D eigenvalue weighted by Gasteiger charge is -2.03. The number of nitrogens with zero attached hydrogens (tertiary/aromatic N) is 2. The number of imidazole rings is 1. The van der Waals surface area contributed by atoms with Crippen molar-refractivity contribution in [2.75, 3.05) is 0 Å². The van der Waals surface area contributed by atoms with Gasteiger partial charge in [0, 0.05) is 17.8 Å². The lowest BCUT2D eigenvalue weighted by Crippen LogP contribution is -2.07. The second-order valence-corrected chi connectivity index (χ2v) is 4.33. The maximum atomic E-state index is 11.0. The summed E-state index contributed by atoms with van der Waals surface area (Å²) >= 11 is 5.84. The minimum absolute atomic E-state index is 0.0206. The van der Waals surface area contributed by atoms with Crippen molar-refractivity contribution >= 4 is 17.6 Å². The van der Waals surface area contributed by atoms with Crippen molar-refractivity contribution in [2.24, 2.45) is 0 Å². The topological polar surface area (TPSA) is 64.4 Å². The molecule has 0 spiro atoms. The summed E-state index contributed by atoms with van der Waals surface area (Å²) in [5.41, 5.74) is 0.569. The van der Waals surface area contributed by atoms with E-state index in [1.165, 1.54) is 0 Å². The summed E-state index contributed by atoms with van der Waals surface area (Å²) in [6, 6.07) is 7.00. The van der Waals surface area contributed by atoms with E-state index in [4.69, 9.17) is 21.4 Å². The van der Waals surface area contributed by atoms with Crippen LogP contribution in [0, 0.1) is 0 Å². The van der Waals surface area contributed by atoms with E-state index in [1.54, 1.807) is 35.0 Å². The summed E-state index contributed by atoms with van der Waals surface area (Å²) in [5.74, 6) is -0.404. The fourth-order valence-electron chi connectivity index (χ4n) is 1.67. The summed E-state index contributed by atoms with van der Waals surface area (Å²) < 4.78 is 7.08. The number of carbonyl (C=O) groups is 1. The summed E-state index contributed by atoms with van der Waals surface area (Å²) in [6.45, 7) is 2.61. The highest BCUT2D eigenvalue weighted by atomic mass is 35.5. The highest BCUT2D eigenvalue weighted by Gasteiger charge is 2.13. The zero-order valence-corrected chi connectivity index (χ0v) is 11.1. The molecular weight excluding hydrogens is 268 g/mol. The fourth-order valence-corrected chi connectivity index (χ4v) is 1.85. The van der Waals surface area contributed by atoms with Gasteiger partial charge in [-0.25, -0.2) is 9.78 Å². The lowest BCUT2D eigenvalue weighted by atomic mass is 10.3. The Morgan fingerprint density at radius 2 is 2.32 bits per heavy atom. The predicted octanol–water partition coefficient (Wildman–Crippen LogP) is 2.83. The van der Waals surface area contributed by atoms with Crippen molar-refractivity contribution < 1.29 is 14.6 Å². The second-order valence-electron chi connectivity index (χ2n) is 3.89. The number of aromatic nitrogens is 2. The van der Waals surface area contributed by atoms with E-state index in [0.29, 0.717) is 23.0 Å². The first-order valence-corrected chi connectivity index (χ1v) is 6.15. The molecule has 0 aliphatic rings. The van der Waals surface area contributed by atoms with E-state index in [9.17, 15) is 4.79 Å². The van der Waals surface area contributed by atoms with Crippen LogP contribution in [0.25, 0.3) is 0 Å². The molecule has 2 aromatic rings. The zero-order valence-electron chi connectivity index (χ0n) is 10.3. The van der Waals surface area contributed by atoms with Crippen molar-refractivity contribution in [1.82, 2.24) is 9.55 Å². The Bertz CT molecular complexity index is 595. The quantitative estimate of drug-likeness (QED) is 0.915. The van der Waals surface area contributed by atoms with Crippen LogP contribution in [0.2, 0.25) is 5.02 Å². The van der Waals surface area contributed by atoms with Crippen LogP contribution in [-0.4, -0.2) is 20.6 Å². The molecule has 2 rings (SSSR count). The van der Waals surface area contributed by atoms with Crippen molar-refractivity contribution in [3.63, 3.8) is 0 Å². The van der Waals surface area contributed by atoms with Crippen LogP contribution in [0.3, 0.4) is 0 Å². The van der Waals surface area contributed by atoms with Crippen LogP contribution in [-0.2, 0) is 13.2 Å². The summed E-state index contributed by atoms with van der Waals surface area (Å²) in [5, 5.41) is 9.58. The van der Waals surface area contributed by atoms with Crippen LogP contribution < -0.4 is 4.74 Å². The van der Waals surface area contributed by atoms with E-state index in [-0.39, 0.29) is 12.4 Å². The lowest BCUT2D eigenvalue weighted by molar-refractivity contribution is 0.0678. The van der Waals surface area contributed by atoms with Gasteiger partial charge in [0.25, 0.3) is 0 Å². The monoisotopic (exact) mass is 280 g/mol. The van der Waals surface area contributed by atoms with Gasteiger partial charge in [-0.05, 0) is 25.1 Å². The number of carboxylic acid groups (broad SMARTS) is 1. The maximum Gasteiger partial charge on any atom is 0.372 e. The van der Waals surface area contributed by atoms with Gasteiger partial charge < -0.3 is 14.4 Å². The largest absolute Gasteiger partial charge is 0.487 e. The van der Waals surface area contributed by atoms with Crippen molar-refractivity contribution in [1.29, 1.82) is 0 Å². The molecule has 6 heteroatoms. The number of ether oxygens (including phenoxy) is 1. The van der Waals surface area contributed by atoms with Gasteiger partial charge in [0.1, 0.15) is 12.4 Å². The third kappa shape index (κ3) is 3.26. The molecule has 100 valence electrons. The van der Waals surface area contributed by atoms with Crippen LogP contribution in [0.1, 0.15) is 23.2 Å². The van der Waals surface area contributed by atoms with E-state index in [1.807, 2.05) is 6.92 Å². The Labute approximate surface area is 115 Å². The first kappa shape index (κ1) is 13.4. The smallest absolute Gasteiger partial charge is 0.372 e. The number of aryl methyl sites for hydroxylation is 1. The van der Waals surface area contributed by atoms with E-state index in [2.05, 4.69) is 4.98 Å². The molecule has 0 amide bonds. The molecule has 0 bridgehead atoms. The molecule has 0 aliphatic heterocycles. The Morgan fingerprint density at radius 3 is 2.89 bits per heavy atom. The molecule has 0 saturated carbocycles. The van der Waals surface area contributed by atoms with Gasteiger partial charge in [0.05, 0.1) is 5.69 Å². The second kappa shape index (κ2) is 5.75. The van der Waals surface area contributed by atoms with Gasteiger partial charge in [-0.1, -0.05) is 17.7 Å². The van der Waals surface area contributed by atoms with Crippen molar-refractivity contribution in [3.05, 3.63) is 47.0 Å². The molecule has 0 fully saturated rings. The molecule has 1 N–H and O–H groups in total. The Hall–Kier alpha value is -2.01. The first-order chi connectivity index (χ1) is 9.10. The Kier molecular flexibility index (Phi) is 4.06. The fraction of sp³-hybridized carbons (Fsp3) is 0.231. The predicted molar refractivity (Wildman–Crippen MR) is 70.6 cm³/mol. The standard InChI is InChI=1S/C13H13ClN2O3/c1-2-16-7-10(15-12(16)13(17)18)8-19-11-5-3-4-9(14)6-11/h3-7H,2,8H2,1H3,(H,17,18). The van der Waals surface area contributed by atoms with E-state index >= 15 is 0 Å². The third-order valence-electron chi connectivity index (χ3n) is 2.54. The molecule has 0 saturated heterocycles. The summed E-state index contributed by atoms with van der Waals surface area (Å²) in [7, 11) is 0.